The van der Waals surface area contributed by atoms with Crippen molar-refractivity contribution in [3.05, 3.63) is 24.0 Å². The second kappa shape index (κ2) is 5.12. The molecule has 0 aliphatic carbocycles. The maximum absolute atomic E-state index is 11.6. The molecule has 16 heavy (non-hydrogen) atoms. The van der Waals surface area contributed by atoms with Gasteiger partial charge in [0, 0.05) is 20.3 Å². The van der Waals surface area contributed by atoms with Crippen LogP contribution in [0.1, 0.15) is 12.5 Å². The molecular formula is C11H14N4O. The predicted octanol–water partition coefficient (Wildman–Crippen LogP) is 0.842. The Kier molecular flexibility index (Phi) is 3.84. The Hall–Kier alpha value is -2.09. The zero-order valence-electron chi connectivity index (χ0n) is 9.56. The number of aromatic nitrogens is 1. The Bertz CT molecular complexity index is 422. The van der Waals surface area contributed by atoms with Gasteiger partial charge in [-0.15, -0.1) is 0 Å². The van der Waals surface area contributed by atoms with Crippen LogP contribution < -0.4 is 5.32 Å². The molecule has 1 atom stereocenters. The molecule has 1 unspecified atom stereocenters. The van der Waals surface area contributed by atoms with Crippen LogP contribution in [0.15, 0.2) is 18.5 Å². The third kappa shape index (κ3) is 2.70. The monoisotopic (exact) mass is 218 g/mol. The summed E-state index contributed by atoms with van der Waals surface area (Å²) in [6, 6.07) is 3.26. The highest BCUT2D eigenvalue weighted by molar-refractivity contribution is 5.84. The molecule has 1 amide bonds. The summed E-state index contributed by atoms with van der Waals surface area (Å²) in [5, 5.41) is 11.8. The van der Waals surface area contributed by atoms with E-state index in [0.29, 0.717) is 11.3 Å². The maximum atomic E-state index is 11.6. The quantitative estimate of drug-likeness (QED) is 0.816. The second-order valence-corrected chi connectivity index (χ2v) is 3.63. The summed E-state index contributed by atoms with van der Waals surface area (Å²) in [5.74, 6) is -0.0484. The molecule has 1 rings (SSSR count). The molecule has 1 heterocycles. The molecule has 0 bridgehead atoms. The lowest BCUT2D eigenvalue weighted by molar-refractivity contribution is -0.129. The van der Waals surface area contributed by atoms with E-state index < -0.39 is 0 Å². The van der Waals surface area contributed by atoms with Gasteiger partial charge in [-0.2, -0.15) is 5.26 Å². The number of nitrogens with one attached hydrogen (secondary N) is 1. The molecule has 0 fully saturated rings. The summed E-state index contributed by atoms with van der Waals surface area (Å²) in [6.07, 6.45) is 3.08. The van der Waals surface area contributed by atoms with Crippen molar-refractivity contribution >= 4 is 11.6 Å². The number of hydrogen-bond acceptors (Lipinski definition) is 4. The Balaban J connectivity index is 2.81. The molecule has 1 aromatic rings. The lowest BCUT2D eigenvalue weighted by Gasteiger charge is -2.19. The van der Waals surface area contributed by atoms with Crippen molar-refractivity contribution in [2.24, 2.45) is 0 Å². The van der Waals surface area contributed by atoms with Crippen molar-refractivity contribution in [2.75, 3.05) is 19.4 Å². The summed E-state index contributed by atoms with van der Waals surface area (Å²) in [7, 11) is 3.38. The highest BCUT2D eigenvalue weighted by Gasteiger charge is 2.15. The molecule has 0 aromatic carbocycles. The summed E-state index contributed by atoms with van der Waals surface area (Å²) >= 11 is 0. The molecule has 0 saturated carbocycles. The number of carbonyl (C=O) groups excluding carboxylic acids is 1. The number of pyridine rings is 1. The van der Waals surface area contributed by atoms with Gasteiger partial charge in [-0.05, 0) is 13.0 Å². The largest absolute Gasteiger partial charge is 0.372 e. The fourth-order valence-corrected chi connectivity index (χ4v) is 1.29. The van der Waals surface area contributed by atoms with Crippen molar-refractivity contribution in [3.63, 3.8) is 0 Å². The van der Waals surface area contributed by atoms with Gasteiger partial charge in [0.1, 0.15) is 12.1 Å². The summed E-state index contributed by atoms with van der Waals surface area (Å²) < 4.78 is 0. The standard InChI is InChI=1S/C11H14N4O/c1-8(11(16)15(2)3)14-10-7-13-5-4-9(10)6-12/h4-5,7-8,14H,1-3H3. The summed E-state index contributed by atoms with van der Waals surface area (Å²) in [4.78, 5) is 17.0. The van der Waals surface area contributed by atoms with E-state index in [2.05, 4.69) is 10.3 Å². The fourth-order valence-electron chi connectivity index (χ4n) is 1.29. The van der Waals surface area contributed by atoms with Gasteiger partial charge in [0.25, 0.3) is 0 Å². The van der Waals surface area contributed by atoms with Gasteiger partial charge < -0.3 is 10.2 Å². The van der Waals surface area contributed by atoms with Crippen LogP contribution in [0, 0.1) is 11.3 Å². The van der Waals surface area contributed by atoms with E-state index >= 15 is 0 Å². The molecule has 5 heteroatoms. The topological polar surface area (TPSA) is 69.0 Å². The van der Waals surface area contributed by atoms with Gasteiger partial charge in [0.15, 0.2) is 0 Å². The zero-order chi connectivity index (χ0) is 12.1. The van der Waals surface area contributed by atoms with Crippen LogP contribution in [0.5, 0.6) is 0 Å². The Morgan fingerprint density at radius 2 is 2.31 bits per heavy atom. The number of hydrogen-bond donors (Lipinski definition) is 1. The van der Waals surface area contributed by atoms with Crippen LogP contribution >= 0.6 is 0 Å². The van der Waals surface area contributed by atoms with Crippen LogP contribution in [0.2, 0.25) is 0 Å². The molecule has 0 aliphatic heterocycles. The number of amides is 1. The van der Waals surface area contributed by atoms with Crippen molar-refractivity contribution in [1.82, 2.24) is 9.88 Å². The van der Waals surface area contributed by atoms with E-state index in [1.807, 2.05) is 6.07 Å². The number of anilines is 1. The van der Waals surface area contributed by atoms with Gasteiger partial charge in [-0.1, -0.05) is 0 Å². The maximum Gasteiger partial charge on any atom is 0.244 e. The van der Waals surface area contributed by atoms with Crippen molar-refractivity contribution in [3.8, 4) is 6.07 Å². The van der Waals surface area contributed by atoms with Gasteiger partial charge in [0.05, 0.1) is 17.4 Å². The zero-order valence-corrected chi connectivity index (χ0v) is 9.56. The molecule has 0 saturated heterocycles. The lowest BCUT2D eigenvalue weighted by atomic mass is 10.2. The average Bonchev–Trinajstić information content (AvgIpc) is 2.28. The predicted molar refractivity (Wildman–Crippen MR) is 60.7 cm³/mol. The highest BCUT2D eigenvalue weighted by atomic mass is 16.2. The minimum atomic E-state index is -0.383. The molecular weight excluding hydrogens is 204 g/mol. The third-order valence-corrected chi connectivity index (χ3v) is 2.12. The highest BCUT2D eigenvalue weighted by Crippen LogP contribution is 2.13. The molecule has 1 aromatic heterocycles. The number of rotatable bonds is 3. The summed E-state index contributed by atoms with van der Waals surface area (Å²) in [6.45, 7) is 1.75. The molecule has 1 N–H and O–H groups in total. The molecule has 0 aliphatic rings. The van der Waals surface area contributed by atoms with Crippen LogP contribution in [0.3, 0.4) is 0 Å². The van der Waals surface area contributed by atoms with Gasteiger partial charge in [-0.3, -0.25) is 9.78 Å². The molecule has 5 nitrogen and oxygen atoms in total. The molecule has 0 spiro atoms. The molecule has 0 radical (unpaired) electrons. The Morgan fingerprint density at radius 1 is 1.62 bits per heavy atom. The number of nitriles is 1. The van der Waals surface area contributed by atoms with Crippen molar-refractivity contribution in [1.29, 1.82) is 5.26 Å². The third-order valence-electron chi connectivity index (χ3n) is 2.12. The van der Waals surface area contributed by atoms with Gasteiger partial charge >= 0.3 is 0 Å². The SMILES string of the molecule is CC(Nc1cnccc1C#N)C(=O)N(C)C. The van der Waals surface area contributed by atoms with Crippen LogP contribution in [-0.4, -0.2) is 35.9 Å². The number of likely N-dealkylation sites (N-methyl/N-ethyl adjacent to an activating group) is 1. The van der Waals surface area contributed by atoms with E-state index in [0.717, 1.165) is 0 Å². The van der Waals surface area contributed by atoms with Crippen molar-refractivity contribution in [2.45, 2.75) is 13.0 Å². The first-order chi connectivity index (χ1) is 7.56. The summed E-state index contributed by atoms with van der Waals surface area (Å²) in [5.41, 5.74) is 1.06. The van der Waals surface area contributed by atoms with Gasteiger partial charge in [0.2, 0.25) is 5.91 Å². The molecule has 84 valence electrons. The average molecular weight is 218 g/mol. The minimum Gasteiger partial charge on any atom is -0.372 e. The first kappa shape index (κ1) is 12.0. The van der Waals surface area contributed by atoms with E-state index in [4.69, 9.17) is 5.26 Å². The first-order valence-electron chi connectivity index (χ1n) is 4.88. The van der Waals surface area contributed by atoms with E-state index in [1.54, 1.807) is 33.3 Å². The van der Waals surface area contributed by atoms with E-state index in [1.165, 1.54) is 11.1 Å². The second-order valence-electron chi connectivity index (χ2n) is 3.63. The van der Waals surface area contributed by atoms with Crippen LogP contribution in [0.4, 0.5) is 5.69 Å². The Morgan fingerprint density at radius 3 is 2.88 bits per heavy atom. The lowest BCUT2D eigenvalue weighted by Crippen LogP contribution is -2.36. The minimum absolute atomic E-state index is 0.0484. The fraction of sp³-hybridized carbons (Fsp3) is 0.364. The van der Waals surface area contributed by atoms with E-state index in [-0.39, 0.29) is 11.9 Å². The first-order valence-corrected chi connectivity index (χ1v) is 4.88. The van der Waals surface area contributed by atoms with Crippen LogP contribution in [-0.2, 0) is 4.79 Å². The number of nitrogens with zero attached hydrogens (tertiary/aromatic N) is 3. The van der Waals surface area contributed by atoms with Crippen molar-refractivity contribution < 1.29 is 4.79 Å². The Labute approximate surface area is 94.7 Å². The van der Waals surface area contributed by atoms with Crippen LogP contribution in [0.25, 0.3) is 0 Å². The van der Waals surface area contributed by atoms with E-state index in [9.17, 15) is 4.79 Å². The number of carbonyl (C=O) groups is 1. The smallest absolute Gasteiger partial charge is 0.244 e. The normalized spacial score (nSPS) is 11.4. The van der Waals surface area contributed by atoms with Gasteiger partial charge in [-0.25, -0.2) is 0 Å².